The number of aromatic nitrogens is 2. The van der Waals surface area contributed by atoms with Crippen molar-refractivity contribution in [2.24, 2.45) is 5.92 Å². The monoisotopic (exact) mass is 168 g/mol. The molecular formula is C9H16N2O. The summed E-state index contributed by atoms with van der Waals surface area (Å²) in [6, 6.07) is 0. The van der Waals surface area contributed by atoms with Gasteiger partial charge in [-0.1, -0.05) is 13.8 Å². The predicted octanol–water partition coefficient (Wildman–Crippen LogP) is 1.81. The zero-order valence-electron chi connectivity index (χ0n) is 7.91. The lowest BCUT2D eigenvalue weighted by atomic mass is 10.1. The number of hydrogen-bond donors (Lipinski definition) is 1. The van der Waals surface area contributed by atoms with Crippen LogP contribution in [0.15, 0.2) is 6.20 Å². The molecule has 1 aromatic rings. The van der Waals surface area contributed by atoms with E-state index in [2.05, 4.69) is 18.9 Å². The SMILES string of the molecule is CCn1ncc(CC(C)C)c1O. The topological polar surface area (TPSA) is 38.0 Å². The van der Waals surface area contributed by atoms with Crippen molar-refractivity contribution < 1.29 is 5.11 Å². The van der Waals surface area contributed by atoms with Gasteiger partial charge in [0.15, 0.2) is 0 Å². The molecule has 0 spiro atoms. The minimum atomic E-state index is 0.325. The van der Waals surface area contributed by atoms with Crippen molar-refractivity contribution in [2.75, 3.05) is 0 Å². The highest BCUT2D eigenvalue weighted by Gasteiger charge is 2.08. The van der Waals surface area contributed by atoms with Crippen LogP contribution in [0.3, 0.4) is 0 Å². The van der Waals surface area contributed by atoms with Crippen LogP contribution in [-0.4, -0.2) is 14.9 Å². The van der Waals surface area contributed by atoms with Gasteiger partial charge in [-0.15, -0.1) is 0 Å². The fraction of sp³-hybridized carbons (Fsp3) is 0.667. The molecule has 0 saturated carbocycles. The van der Waals surface area contributed by atoms with Crippen LogP contribution < -0.4 is 0 Å². The summed E-state index contributed by atoms with van der Waals surface area (Å²) in [5, 5.41) is 13.6. The van der Waals surface area contributed by atoms with Gasteiger partial charge in [0.1, 0.15) is 0 Å². The van der Waals surface area contributed by atoms with Crippen LogP contribution in [-0.2, 0) is 13.0 Å². The van der Waals surface area contributed by atoms with E-state index < -0.39 is 0 Å². The van der Waals surface area contributed by atoms with Gasteiger partial charge in [0.2, 0.25) is 5.88 Å². The maximum absolute atomic E-state index is 9.58. The fourth-order valence-electron chi connectivity index (χ4n) is 1.23. The lowest BCUT2D eigenvalue weighted by molar-refractivity contribution is 0.397. The molecule has 0 aliphatic heterocycles. The van der Waals surface area contributed by atoms with Gasteiger partial charge in [-0.3, -0.25) is 0 Å². The molecule has 1 N–H and O–H groups in total. The molecule has 0 bridgehead atoms. The summed E-state index contributed by atoms with van der Waals surface area (Å²) in [4.78, 5) is 0. The van der Waals surface area contributed by atoms with Crippen molar-refractivity contribution >= 4 is 0 Å². The molecule has 0 aliphatic carbocycles. The smallest absolute Gasteiger partial charge is 0.212 e. The van der Waals surface area contributed by atoms with E-state index in [0.29, 0.717) is 11.8 Å². The Balaban J connectivity index is 2.80. The third-order valence-corrected chi connectivity index (χ3v) is 1.81. The molecule has 0 saturated heterocycles. The van der Waals surface area contributed by atoms with E-state index in [-0.39, 0.29) is 0 Å². The van der Waals surface area contributed by atoms with E-state index in [1.807, 2.05) is 6.92 Å². The van der Waals surface area contributed by atoms with Gasteiger partial charge >= 0.3 is 0 Å². The zero-order chi connectivity index (χ0) is 9.14. The molecule has 3 heteroatoms. The second-order valence-electron chi connectivity index (χ2n) is 3.41. The van der Waals surface area contributed by atoms with E-state index in [1.54, 1.807) is 10.9 Å². The molecule has 1 heterocycles. The third-order valence-electron chi connectivity index (χ3n) is 1.81. The van der Waals surface area contributed by atoms with Crippen molar-refractivity contribution in [3.05, 3.63) is 11.8 Å². The van der Waals surface area contributed by atoms with Crippen LogP contribution in [0.4, 0.5) is 0 Å². The number of nitrogens with zero attached hydrogens (tertiary/aromatic N) is 2. The quantitative estimate of drug-likeness (QED) is 0.747. The van der Waals surface area contributed by atoms with Gasteiger partial charge in [-0.2, -0.15) is 5.10 Å². The summed E-state index contributed by atoms with van der Waals surface area (Å²) >= 11 is 0. The van der Waals surface area contributed by atoms with Crippen molar-refractivity contribution in [1.29, 1.82) is 0 Å². The Hall–Kier alpha value is -0.990. The third kappa shape index (κ3) is 1.78. The largest absolute Gasteiger partial charge is 0.493 e. The molecular weight excluding hydrogens is 152 g/mol. The summed E-state index contributed by atoms with van der Waals surface area (Å²) in [7, 11) is 0. The number of aryl methyl sites for hydroxylation is 1. The Morgan fingerprint density at radius 1 is 1.58 bits per heavy atom. The minimum absolute atomic E-state index is 0.325. The highest BCUT2D eigenvalue weighted by Crippen LogP contribution is 2.19. The molecule has 0 fully saturated rings. The maximum atomic E-state index is 9.58. The van der Waals surface area contributed by atoms with Crippen LogP contribution in [0.1, 0.15) is 26.3 Å². The van der Waals surface area contributed by atoms with Crippen LogP contribution in [0, 0.1) is 5.92 Å². The van der Waals surface area contributed by atoms with Crippen LogP contribution in [0.25, 0.3) is 0 Å². The highest BCUT2D eigenvalue weighted by molar-refractivity contribution is 5.22. The average Bonchev–Trinajstić information content (AvgIpc) is 2.32. The Morgan fingerprint density at radius 2 is 2.25 bits per heavy atom. The van der Waals surface area contributed by atoms with Crippen molar-refractivity contribution in [1.82, 2.24) is 9.78 Å². The number of aromatic hydroxyl groups is 1. The molecule has 0 aliphatic rings. The van der Waals surface area contributed by atoms with Crippen LogP contribution >= 0.6 is 0 Å². The number of hydrogen-bond acceptors (Lipinski definition) is 2. The van der Waals surface area contributed by atoms with Crippen LogP contribution in [0.2, 0.25) is 0 Å². The molecule has 0 unspecified atom stereocenters. The molecule has 1 rings (SSSR count). The minimum Gasteiger partial charge on any atom is -0.493 e. The molecule has 0 radical (unpaired) electrons. The fourth-order valence-corrected chi connectivity index (χ4v) is 1.23. The van der Waals surface area contributed by atoms with Gasteiger partial charge in [-0.25, -0.2) is 4.68 Å². The Bertz CT molecular complexity index is 253. The first-order chi connectivity index (χ1) is 5.65. The first-order valence-electron chi connectivity index (χ1n) is 4.38. The molecule has 68 valence electrons. The van der Waals surface area contributed by atoms with Gasteiger partial charge in [-0.05, 0) is 19.3 Å². The predicted molar refractivity (Wildman–Crippen MR) is 48.1 cm³/mol. The maximum Gasteiger partial charge on any atom is 0.212 e. The average molecular weight is 168 g/mol. The zero-order valence-corrected chi connectivity index (χ0v) is 7.91. The van der Waals surface area contributed by atoms with Gasteiger partial charge in [0, 0.05) is 12.1 Å². The van der Waals surface area contributed by atoms with Gasteiger partial charge in [0.05, 0.1) is 6.20 Å². The normalized spacial score (nSPS) is 11.0. The van der Waals surface area contributed by atoms with Gasteiger partial charge < -0.3 is 5.11 Å². The standard InChI is InChI=1S/C9H16N2O/c1-4-11-9(12)8(6-10-11)5-7(2)3/h6-7,12H,4-5H2,1-3H3. The second-order valence-corrected chi connectivity index (χ2v) is 3.41. The van der Waals surface area contributed by atoms with E-state index in [0.717, 1.165) is 18.5 Å². The Kier molecular flexibility index (Phi) is 2.74. The van der Waals surface area contributed by atoms with Crippen molar-refractivity contribution in [2.45, 2.75) is 33.7 Å². The van der Waals surface area contributed by atoms with E-state index in [4.69, 9.17) is 0 Å². The second kappa shape index (κ2) is 3.61. The summed E-state index contributed by atoms with van der Waals surface area (Å²) < 4.78 is 1.61. The summed E-state index contributed by atoms with van der Waals surface area (Å²) in [5.74, 6) is 0.886. The van der Waals surface area contributed by atoms with Crippen molar-refractivity contribution in [3.63, 3.8) is 0 Å². The van der Waals surface area contributed by atoms with E-state index in [1.165, 1.54) is 0 Å². The first kappa shape index (κ1) is 9.10. The Morgan fingerprint density at radius 3 is 2.67 bits per heavy atom. The molecule has 0 atom stereocenters. The lowest BCUT2D eigenvalue weighted by Gasteiger charge is -2.02. The number of rotatable bonds is 3. The van der Waals surface area contributed by atoms with E-state index in [9.17, 15) is 5.11 Å². The summed E-state index contributed by atoms with van der Waals surface area (Å²) in [5.41, 5.74) is 0.951. The molecule has 1 aromatic heterocycles. The van der Waals surface area contributed by atoms with Crippen LogP contribution in [0.5, 0.6) is 5.88 Å². The summed E-state index contributed by atoms with van der Waals surface area (Å²) in [6.45, 7) is 6.95. The molecule has 0 amide bonds. The molecule has 3 nitrogen and oxygen atoms in total. The van der Waals surface area contributed by atoms with Crippen molar-refractivity contribution in [3.8, 4) is 5.88 Å². The van der Waals surface area contributed by atoms with E-state index >= 15 is 0 Å². The molecule has 0 aromatic carbocycles. The summed E-state index contributed by atoms with van der Waals surface area (Å²) in [6.07, 6.45) is 2.64. The Labute approximate surface area is 73.0 Å². The van der Waals surface area contributed by atoms with Gasteiger partial charge in [0.25, 0.3) is 0 Å². The molecule has 12 heavy (non-hydrogen) atoms. The highest BCUT2D eigenvalue weighted by atomic mass is 16.3. The first-order valence-corrected chi connectivity index (χ1v) is 4.38. The lowest BCUT2D eigenvalue weighted by Crippen LogP contribution is -1.96.